The third kappa shape index (κ3) is 1.17. The van der Waals surface area contributed by atoms with Gasteiger partial charge in [0.1, 0.15) is 11.3 Å². The van der Waals surface area contributed by atoms with Crippen molar-refractivity contribution in [1.29, 1.82) is 0 Å². The van der Waals surface area contributed by atoms with Crippen molar-refractivity contribution in [1.82, 2.24) is 4.90 Å². The second-order valence-electron chi connectivity index (χ2n) is 4.43. The molecule has 0 aliphatic carbocycles. The van der Waals surface area contributed by atoms with E-state index in [1.165, 1.54) is 7.11 Å². The van der Waals surface area contributed by atoms with Crippen LogP contribution in [0, 0.1) is 5.92 Å². The quantitative estimate of drug-likeness (QED) is 0.564. The Morgan fingerprint density at radius 3 is 3.00 bits per heavy atom. The Balaban J connectivity index is 2.29. The summed E-state index contributed by atoms with van der Waals surface area (Å²) >= 11 is 0. The van der Waals surface area contributed by atoms with E-state index in [0.29, 0.717) is 18.9 Å². The summed E-state index contributed by atoms with van der Waals surface area (Å²) in [7, 11) is 1.39. The fraction of sp³-hybridized carbons (Fsp3) is 0.800. The molecule has 2 saturated heterocycles. The molecule has 0 aromatic heterocycles. The van der Waals surface area contributed by atoms with E-state index < -0.39 is 5.54 Å². The number of carbonyl (C=O) groups excluding carboxylic acids is 2. The minimum Gasteiger partial charge on any atom is -0.468 e. The topological polar surface area (TPSA) is 46.6 Å². The SMILES string of the molecule is COC(=O)[C@]12CC(=O)CN1C[C@@H](C)C2. The number of ether oxygens (including phenoxy) is 1. The van der Waals surface area contributed by atoms with E-state index in [1.54, 1.807) is 0 Å². The highest BCUT2D eigenvalue weighted by Crippen LogP contribution is 2.40. The molecule has 0 saturated carbocycles. The van der Waals surface area contributed by atoms with Gasteiger partial charge in [-0.2, -0.15) is 0 Å². The Morgan fingerprint density at radius 2 is 2.36 bits per heavy atom. The first-order valence-corrected chi connectivity index (χ1v) is 4.93. The number of fused-ring (bicyclic) bond motifs is 1. The number of esters is 1. The predicted molar refractivity (Wildman–Crippen MR) is 49.7 cm³/mol. The zero-order valence-electron chi connectivity index (χ0n) is 8.58. The predicted octanol–water partition coefficient (Wildman–Crippen LogP) is 0.213. The van der Waals surface area contributed by atoms with Gasteiger partial charge in [-0.3, -0.25) is 14.5 Å². The second-order valence-corrected chi connectivity index (χ2v) is 4.43. The summed E-state index contributed by atoms with van der Waals surface area (Å²) in [4.78, 5) is 25.0. The first-order chi connectivity index (χ1) is 6.58. The van der Waals surface area contributed by atoms with Gasteiger partial charge in [0.05, 0.1) is 13.7 Å². The van der Waals surface area contributed by atoms with Crippen molar-refractivity contribution in [2.45, 2.75) is 25.3 Å². The molecule has 0 amide bonds. The molecule has 0 unspecified atom stereocenters. The summed E-state index contributed by atoms with van der Waals surface area (Å²) in [6, 6.07) is 0. The maximum Gasteiger partial charge on any atom is 0.326 e. The smallest absolute Gasteiger partial charge is 0.326 e. The van der Waals surface area contributed by atoms with Gasteiger partial charge in [-0.15, -0.1) is 0 Å². The molecule has 4 nitrogen and oxygen atoms in total. The number of ketones is 1. The molecule has 0 N–H and O–H groups in total. The van der Waals surface area contributed by atoms with Gasteiger partial charge in [-0.1, -0.05) is 6.92 Å². The summed E-state index contributed by atoms with van der Waals surface area (Å²) in [5.41, 5.74) is -0.620. The lowest BCUT2D eigenvalue weighted by Gasteiger charge is -2.27. The Morgan fingerprint density at radius 1 is 1.64 bits per heavy atom. The second kappa shape index (κ2) is 3.05. The Labute approximate surface area is 83.2 Å². The van der Waals surface area contributed by atoms with Crippen molar-refractivity contribution >= 4 is 11.8 Å². The van der Waals surface area contributed by atoms with Gasteiger partial charge in [-0.25, -0.2) is 0 Å². The largest absolute Gasteiger partial charge is 0.468 e. The van der Waals surface area contributed by atoms with E-state index >= 15 is 0 Å². The maximum absolute atomic E-state index is 11.7. The number of nitrogens with zero attached hydrogens (tertiary/aromatic N) is 1. The lowest BCUT2D eigenvalue weighted by molar-refractivity contribution is -0.152. The van der Waals surface area contributed by atoms with Crippen LogP contribution in [0.1, 0.15) is 19.8 Å². The average Bonchev–Trinajstić information content (AvgIpc) is 2.55. The zero-order chi connectivity index (χ0) is 10.3. The number of rotatable bonds is 1. The van der Waals surface area contributed by atoms with Crippen molar-refractivity contribution in [2.24, 2.45) is 5.92 Å². The molecule has 4 heteroatoms. The lowest BCUT2D eigenvalue weighted by atomic mass is 9.90. The van der Waals surface area contributed by atoms with Gasteiger partial charge in [0.15, 0.2) is 0 Å². The number of hydrogen-bond donors (Lipinski definition) is 0. The lowest BCUT2D eigenvalue weighted by Crippen LogP contribution is -2.46. The fourth-order valence-electron chi connectivity index (χ4n) is 2.79. The van der Waals surface area contributed by atoms with Gasteiger partial charge < -0.3 is 4.74 Å². The first-order valence-electron chi connectivity index (χ1n) is 4.93. The van der Waals surface area contributed by atoms with Crippen molar-refractivity contribution in [3.8, 4) is 0 Å². The van der Waals surface area contributed by atoms with Crippen LogP contribution in [0.25, 0.3) is 0 Å². The molecule has 0 bridgehead atoms. The van der Waals surface area contributed by atoms with Crippen LogP contribution in [0.3, 0.4) is 0 Å². The van der Waals surface area contributed by atoms with Crippen LogP contribution in [-0.2, 0) is 14.3 Å². The standard InChI is InChI=1S/C10H15NO3/c1-7-3-10(9(13)14-2)4-8(12)6-11(10)5-7/h7H,3-6H2,1-2H3/t7-,10-/m0/s1. The van der Waals surface area contributed by atoms with E-state index in [9.17, 15) is 9.59 Å². The summed E-state index contributed by atoms with van der Waals surface area (Å²) in [5.74, 6) is 0.386. The highest BCUT2D eigenvalue weighted by molar-refractivity contribution is 5.94. The molecule has 0 radical (unpaired) electrons. The molecule has 2 rings (SSSR count). The molecule has 14 heavy (non-hydrogen) atoms. The van der Waals surface area contributed by atoms with Gasteiger partial charge in [-0.05, 0) is 12.3 Å². The molecule has 2 aliphatic heterocycles. The molecule has 2 atom stereocenters. The Bertz CT molecular complexity index is 289. The Hall–Kier alpha value is -0.900. The first kappa shape index (κ1) is 9.65. The number of hydrogen-bond acceptors (Lipinski definition) is 4. The van der Waals surface area contributed by atoms with E-state index in [4.69, 9.17) is 4.74 Å². The van der Waals surface area contributed by atoms with Crippen molar-refractivity contribution < 1.29 is 14.3 Å². The van der Waals surface area contributed by atoms with Crippen LogP contribution < -0.4 is 0 Å². The average molecular weight is 197 g/mol. The van der Waals surface area contributed by atoms with E-state index in [-0.39, 0.29) is 11.8 Å². The summed E-state index contributed by atoms with van der Waals surface area (Å²) < 4.78 is 4.80. The van der Waals surface area contributed by atoms with Crippen molar-refractivity contribution in [3.63, 3.8) is 0 Å². The number of methoxy groups -OCH3 is 1. The Kier molecular flexibility index (Phi) is 2.10. The van der Waals surface area contributed by atoms with Gasteiger partial charge in [0.25, 0.3) is 0 Å². The van der Waals surface area contributed by atoms with Crippen LogP contribution in [0.2, 0.25) is 0 Å². The maximum atomic E-state index is 11.7. The highest BCUT2D eigenvalue weighted by Gasteiger charge is 2.56. The molecular formula is C10H15NO3. The molecule has 0 aromatic rings. The summed E-state index contributed by atoms with van der Waals surface area (Å²) in [6.45, 7) is 3.35. The molecule has 0 aromatic carbocycles. The van der Waals surface area contributed by atoms with Gasteiger partial charge in [0, 0.05) is 13.0 Å². The van der Waals surface area contributed by atoms with E-state index in [0.717, 1.165) is 13.0 Å². The normalized spacial score (nSPS) is 37.3. The van der Waals surface area contributed by atoms with E-state index in [2.05, 4.69) is 6.92 Å². The van der Waals surface area contributed by atoms with Crippen LogP contribution >= 0.6 is 0 Å². The highest BCUT2D eigenvalue weighted by atomic mass is 16.5. The van der Waals surface area contributed by atoms with Crippen molar-refractivity contribution in [2.75, 3.05) is 20.2 Å². The van der Waals surface area contributed by atoms with Crippen LogP contribution in [0.5, 0.6) is 0 Å². The summed E-state index contributed by atoms with van der Waals surface area (Å²) in [5, 5.41) is 0. The minimum absolute atomic E-state index is 0.155. The fourth-order valence-corrected chi connectivity index (χ4v) is 2.79. The van der Waals surface area contributed by atoms with Crippen LogP contribution in [0.15, 0.2) is 0 Å². The minimum atomic E-state index is -0.620. The van der Waals surface area contributed by atoms with Crippen molar-refractivity contribution in [3.05, 3.63) is 0 Å². The number of Topliss-reactive ketones (excluding diaryl/α,β-unsaturated/α-hetero) is 1. The van der Waals surface area contributed by atoms with Gasteiger partial charge in [0.2, 0.25) is 0 Å². The van der Waals surface area contributed by atoms with Crippen LogP contribution in [0.4, 0.5) is 0 Å². The van der Waals surface area contributed by atoms with Gasteiger partial charge >= 0.3 is 5.97 Å². The monoisotopic (exact) mass is 197 g/mol. The molecule has 2 aliphatic rings. The molecule has 2 heterocycles. The third-order valence-corrected chi connectivity index (χ3v) is 3.25. The molecular weight excluding hydrogens is 182 g/mol. The molecule has 78 valence electrons. The number of carbonyl (C=O) groups is 2. The third-order valence-electron chi connectivity index (χ3n) is 3.25. The molecule has 2 fully saturated rings. The van der Waals surface area contributed by atoms with E-state index in [1.807, 2.05) is 4.90 Å². The summed E-state index contributed by atoms with van der Waals surface area (Å²) in [6.07, 6.45) is 1.09. The zero-order valence-corrected chi connectivity index (χ0v) is 8.58. The van der Waals surface area contributed by atoms with Crippen LogP contribution in [-0.4, -0.2) is 42.4 Å². The molecule has 0 spiro atoms.